The number of nitrogens with one attached hydrogen (secondary N) is 1. The van der Waals surface area contributed by atoms with Gasteiger partial charge in [-0.15, -0.1) is 0 Å². The number of likely N-dealkylation sites (tertiary alicyclic amines) is 1. The van der Waals surface area contributed by atoms with Crippen molar-refractivity contribution < 1.29 is 9.53 Å². The third-order valence-corrected chi connectivity index (χ3v) is 5.02. The second-order valence-corrected chi connectivity index (χ2v) is 6.96. The second-order valence-electron chi connectivity index (χ2n) is 6.96. The summed E-state index contributed by atoms with van der Waals surface area (Å²) in [7, 11) is 0. The number of para-hydroxylation sites is 1. The maximum Gasteiger partial charge on any atom is 0.258 e. The number of nitrogens with zero attached hydrogens (tertiary/aromatic N) is 1. The van der Waals surface area contributed by atoms with Gasteiger partial charge in [0, 0.05) is 19.1 Å². The average Bonchev–Trinajstić information content (AvgIpc) is 2.68. The van der Waals surface area contributed by atoms with Crippen LogP contribution in [0.2, 0.25) is 0 Å². The molecule has 0 bridgehead atoms. The SMILES string of the molecule is C[C@H]1CCCCN1Cc1ccccc1CNC(=O)COc1ccccc1. The molecule has 1 N–H and O–H groups in total. The van der Waals surface area contributed by atoms with E-state index in [1.807, 2.05) is 36.4 Å². The topological polar surface area (TPSA) is 41.6 Å². The van der Waals surface area contributed by atoms with Crippen molar-refractivity contribution in [2.45, 2.75) is 45.3 Å². The zero-order valence-corrected chi connectivity index (χ0v) is 15.5. The Morgan fingerprint density at radius 1 is 1.08 bits per heavy atom. The molecule has 1 atom stereocenters. The first-order valence-electron chi connectivity index (χ1n) is 9.48. The van der Waals surface area contributed by atoms with E-state index < -0.39 is 0 Å². The van der Waals surface area contributed by atoms with Gasteiger partial charge in [-0.2, -0.15) is 0 Å². The van der Waals surface area contributed by atoms with Crippen LogP contribution in [-0.2, 0) is 17.9 Å². The Labute approximate surface area is 156 Å². The molecule has 2 aromatic rings. The van der Waals surface area contributed by atoms with Gasteiger partial charge in [0.25, 0.3) is 5.91 Å². The van der Waals surface area contributed by atoms with E-state index in [1.165, 1.54) is 30.4 Å². The third-order valence-electron chi connectivity index (χ3n) is 5.02. The first-order chi connectivity index (χ1) is 12.7. The predicted molar refractivity (Wildman–Crippen MR) is 104 cm³/mol. The number of hydrogen-bond acceptors (Lipinski definition) is 3. The molecule has 0 spiro atoms. The van der Waals surface area contributed by atoms with Crippen LogP contribution in [0, 0.1) is 0 Å². The van der Waals surface area contributed by atoms with Crippen molar-refractivity contribution in [3.63, 3.8) is 0 Å². The van der Waals surface area contributed by atoms with Gasteiger partial charge >= 0.3 is 0 Å². The van der Waals surface area contributed by atoms with Crippen molar-refractivity contribution in [3.8, 4) is 5.75 Å². The van der Waals surface area contributed by atoms with Crippen molar-refractivity contribution in [1.82, 2.24) is 10.2 Å². The number of rotatable bonds is 7. The Hall–Kier alpha value is -2.33. The van der Waals surface area contributed by atoms with E-state index in [2.05, 4.69) is 35.3 Å². The van der Waals surface area contributed by atoms with Crippen LogP contribution in [0.5, 0.6) is 5.75 Å². The molecule has 1 aliphatic rings. The summed E-state index contributed by atoms with van der Waals surface area (Å²) in [5.74, 6) is 0.608. The van der Waals surface area contributed by atoms with Gasteiger partial charge in [0.05, 0.1) is 0 Å². The molecule has 0 aromatic heterocycles. The van der Waals surface area contributed by atoms with Crippen LogP contribution >= 0.6 is 0 Å². The number of piperidine rings is 1. The summed E-state index contributed by atoms with van der Waals surface area (Å²) in [5.41, 5.74) is 2.48. The maximum absolute atomic E-state index is 12.1. The number of hydrogen-bond donors (Lipinski definition) is 1. The first-order valence-corrected chi connectivity index (χ1v) is 9.48. The lowest BCUT2D eigenvalue weighted by molar-refractivity contribution is -0.123. The highest BCUT2D eigenvalue weighted by Crippen LogP contribution is 2.20. The van der Waals surface area contributed by atoms with E-state index in [1.54, 1.807) is 0 Å². The molecule has 2 aromatic carbocycles. The molecule has 0 saturated carbocycles. The Bertz CT molecular complexity index is 702. The first kappa shape index (κ1) is 18.5. The Morgan fingerprint density at radius 2 is 1.81 bits per heavy atom. The van der Waals surface area contributed by atoms with Gasteiger partial charge in [-0.1, -0.05) is 48.9 Å². The lowest BCUT2D eigenvalue weighted by atomic mass is 10.0. The van der Waals surface area contributed by atoms with Crippen LogP contribution in [0.4, 0.5) is 0 Å². The molecular formula is C22H28N2O2. The van der Waals surface area contributed by atoms with Crippen LogP contribution in [0.15, 0.2) is 54.6 Å². The van der Waals surface area contributed by atoms with Gasteiger partial charge in [0.2, 0.25) is 0 Å². The highest BCUT2D eigenvalue weighted by atomic mass is 16.5. The smallest absolute Gasteiger partial charge is 0.258 e. The normalized spacial score (nSPS) is 17.7. The average molecular weight is 352 g/mol. The highest BCUT2D eigenvalue weighted by molar-refractivity contribution is 5.77. The maximum atomic E-state index is 12.1. The van der Waals surface area contributed by atoms with E-state index >= 15 is 0 Å². The van der Waals surface area contributed by atoms with Crippen LogP contribution in [0.25, 0.3) is 0 Å². The summed E-state index contributed by atoms with van der Waals surface area (Å²) in [6, 6.07) is 18.4. The fourth-order valence-electron chi connectivity index (χ4n) is 3.41. The van der Waals surface area contributed by atoms with Gasteiger partial charge in [0.1, 0.15) is 5.75 Å². The molecular weight excluding hydrogens is 324 g/mol. The largest absolute Gasteiger partial charge is 0.484 e. The minimum atomic E-state index is -0.102. The summed E-state index contributed by atoms with van der Waals surface area (Å²) in [5, 5.41) is 2.98. The summed E-state index contributed by atoms with van der Waals surface area (Å²) in [6.07, 6.45) is 3.88. The quantitative estimate of drug-likeness (QED) is 0.825. The van der Waals surface area contributed by atoms with Crippen LogP contribution in [0.3, 0.4) is 0 Å². The molecule has 1 saturated heterocycles. The van der Waals surface area contributed by atoms with Crippen molar-refractivity contribution in [2.24, 2.45) is 0 Å². The van der Waals surface area contributed by atoms with Gasteiger partial charge in [-0.05, 0) is 49.6 Å². The number of carbonyl (C=O) groups is 1. The highest BCUT2D eigenvalue weighted by Gasteiger charge is 2.19. The lowest BCUT2D eigenvalue weighted by Gasteiger charge is -2.33. The van der Waals surface area contributed by atoms with Crippen LogP contribution < -0.4 is 10.1 Å². The standard InChI is InChI=1S/C22H28N2O2/c1-18-9-7-8-14-24(18)16-20-11-6-5-10-19(20)15-23-22(25)17-26-21-12-3-2-4-13-21/h2-6,10-13,18H,7-9,14-17H2,1H3,(H,23,25)/t18-/m0/s1. The second kappa shape index (κ2) is 9.39. The number of benzene rings is 2. The van der Waals surface area contributed by atoms with Crippen LogP contribution in [0.1, 0.15) is 37.3 Å². The minimum absolute atomic E-state index is 0.0370. The van der Waals surface area contributed by atoms with E-state index in [0.29, 0.717) is 18.3 Å². The molecule has 1 aliphatic heterocycles. The third kappa shape index (κ3) is 5.33. The number of ether oxygens (including phenoxy) is 1. The molecule has 4 heteroatoms. The molecule has 1 heterocycles. The van der Waals surface area contributed by atoms with Crippen molar-refractivity contribution in [3.05, 3.63) is 65.7 Å². The predicted octanol–water partition coefficient (Wildman–Crippen LogP) is 3.76. The molecule has 4 nitrogen and oxygen atoms in total. The Balaban J connectivity index is 1.52. The van der Waals surface area contributed by atoms with Crippen molar-refractivity contribution >= 4 is 5.91 Å². The molecule has 0 radical (unpaired) electrons. The van der Waals surface area contributed by atoms with Gasteiger partial charge in [-0.3, -0.25) is 9.69 Å². The molecule has 1 fully saturated rings. The number of carbonyl (C=O) groups excluding carboxylic acids is 1. The van der Waals surface area contributed by atoms with E-state index in [9.17, 15) is 4.79 Å². The fourth-order valence-corrected chi connectivity index (χ4v) is 3.41. The molecule has 138 valence electrons. The summed E-state index contributed by atoms with van der Waals surface area (Å²) >= 11 is 0. The Kier molecular flexibility index (Phi) is 6.67. The fraction of sp³-hybridized carbons (Fsp3) is 0.409. The Morgan fingerprint density at radius 3 is 2.58 bits per heavy atom. The molecule has 3 rings (SSSR count). The van der Waals surface area contributed by atoms with Gasteiger partial charge in [-0.25, -0.2) is 0 Å². The molecule has 26 heavy (non-hydrogen) atoms. The van der Waals surface area contributed by atoms with Crippen molar-refractivity contribution in [2.75, 3.05) is 13.2 Å². The van der Waals surface area contributed by atoms with E-state index in [0.717, 1.165) is 13.1 Å². The van der Waals surface area contributed by atoms with Gasteiger partial charge < -0.3 is 10.1 Å². The molecule has 1 amide bonds. The van der Waals surface area contributed by atoms with Crippen LogP contribution in [-0.4, -0.2) is 30.0 Å². The van der Waals surface area contributed by atoms with E-state index in [-0.39, 0.29) is 12.5 Å². The van der Waals surface area contributed by atoms with E-state index in [4.69, 9.17) is 4.74 Å². The summed E-state index contributed by atoms with van der Waals surface area (Å²) in [6.45, 7) is 5.00. The summed E-state index contributed by atoms with van der Waals surface area (Å²) < 4.78 is 5.50. The summed E-state index contributed by atoms with van der Waals surface area (Å²) in [4.78, 5) is 14.6. The molecule has 0 unspecified atom stereocenters. The lowest BCUT2D eigenvalue weighted by Crippen LogP contribution is -2.37. The van der Waals surface area contributed by atoms with Crippen molar-refractivity contribution in [1.29, 1.82) is 0 Å². The minimum Gasteiger partial charge on any atom is -0.484 e. The van der Waals surface area contributed by atoms with Gasteiger partial charge in [0.15, 0.2) is 6.61 Å². The monoisotopic (exact) mass is 352 g/mol. The zero-order valence-electron chi connectivity index (χ0n) is 15.5. The number of amides is 1. The molecule has 0 aliphatic carbocycles. The zero-order chi connectivity index (χ0) is 18.2.